The number of aromatic nitrogens is 2. The van der Waals surface area contributed by atoms with E-state index < -0.39 is 0 Å². The molecule has 0 spiro atoms. The van der Waals surface area contributed by atoms with Crippen molar-refractivity contribution >= 4 is 0 Å². The molecule has 2 heterocycles. The van der Waals surface area contributed by atoms with Gasteiger partial charge in [-0.3, -0.25) is 9.80 Å². The van der Waals surface area contributed by atoms with Crippen LogP contribution >= 0.6 is 0 Å². The highest BCUT2D eigenvalue weighted by Gasteiger charge is 2.24. The zero-order chi connectivity index (χ0) is 17.6. The third kappa shape index (κ3) is 4.59. The number of hydrogen-bond acceptors (Lipinski definition) is 5. The van der Waals surface area contributed by atoms with Gasteiger partial charge in [0, 0.05) is 51.7 Å². The zero-order valence-electron chi connectivity index (χ0n) is 14.9. The van der Waals surface area contributed by atoms with E-state index in [1.54, 1.807) is 12.1 Å². The first kappa shape index (κ1) is 17.5. The largest absolute Gasteiger partial charge is 0.492 e. The number of nitrogens with zero attached hydrogens (tertiary/aromatic N) is 5. The molecule has 1 aliphatic heterocycles. The minimum atomic E-state index is 0.500. The maximum Gasteiger partial charge on any atom is 0.122 e. The van der Waals surface area contributed by atoms with Gasteiger partial charge < -0.3 is 9.30 Å². The van der Waals surface area contributed by atoms with E-state index in [0.29, 0.717) is 18.2 Å². The maximum absolute atomic E-state index is 8.81. The molecule has 0 bridgehead atoms. The summed E-state index contributed by atoms with van der Waals surface area (Å²) in [4.78, 5) is 9.36. The van der Waals surface area contributed by atoms with Gasteiger partial charge in [-0.05, 0) is 31.2 Å². The van der Waals surface area contributed by atoms with Gasteiger partial charge in [0.25, 0.3) is 0 Å². The van der Waals surface area contributed by atoms with Gasteiger partial charge >= 0.3 is 0 Å². The summed E-state index contributed by atoms with van der Waals surface area (Å²) >= 11 is 0. The average Bonchev–Trinajstić information content (AvgIpc) is 3.03. The van der Waals surface area contributed by atoms with Gasteiger partial charge in [0.15, 0.2) is 0 Å². The molecule has 6 heteroatoms. The van der Waals surface area contributed by atoms with Crippen LogP contribution in [0.3, 0.4) is 0 Å². The molecule has 0 N–H and O–H groups in total. The molecule has 1 fully saturated rings. The van der Waals surface area contributed by atoms with E-state index in [2.05, 4.69) is 32.3 Å². The maximum atomic E-state index is 8.81. The average molecular weight is 339 g/mol. The van der Waals surface area contributed by atoms with Crippen LogP contribution in [0.5, 0.6) is 5.75 Å². The van der Waals surface area contributed by atoms with Gasteiger partial charge in [0.1, 0.15) is 18.2 Å². The van der Waals surface area contributed by atoms with Gasteiger partial charge in [-0.25, -0.2) is 4.98 Å². The van der Waals surface area contributed by atoms with Crippen LogP contribution in [-0.2, 0) is 13.6 Å². The summed E-state index contributed by atoms with van der Waals surface area (Å²) < 4.78 is 7.88. The lowest BCUT2D eigenvalue weighted by molar-refractivity contribution is 0.0666. The second-order valence-corrected chi connectivity index (χ2v) is 6.56. The van der Waals surface area contributed by atoms with Crippen LogP contribution in [0.2, 0.25) is 0 Å². The van der Waals surface area contributed by atoms with Crippen LogP contribution in [0.4, 0.5) is 0 Å². The van der Waals surface area contributed by atoms with Crippen molar-refractivity contribution in [2.75, 3.05) is 32.8 Å². The fourth-order valence-corrected chi connectivity index (χ4v) is 3.16. The molecule has 0 amide bonds. The predicted octanol–water partition coefficient (Wildman–Crippen LogP) is 1.88. The van der Waals surface area contributed by atoms with Crippen molar-refractivity contribution in [3.8, 4) is 11.8 Å². The summed E-state index contributed by atoms with van der Waals surface area (Å²) in [6.45, 7) is 7.90. The Balaban J connectivity index is 1.42. The highest BCUT2D eigenvalue weighted by atomic mass is 16.5. The fraction of sp³-hybridized carbons (Fsp3) is 0.474. The Morgan fingerprint density at radius 3 is 2.72 bits per heavy atom. The number of rotatable bonds is 6. The summed E-state index contributed by atoms with van der Waals surface area (Å²) in [7, 11) is 2.05. The van der Waals surface area contributed by atoms with Gasteiger partial charge in [0.2, 0.25) is 0 Å². The topological polar surface area (TPSA) is 57.3 Å². The number of ether oxygens (including phenoxy) is 1. The van der Waals surface area contributed by atoms with Crippen molar-refractivity contribution in [1.82, 2.24) is 19.4 Å². The molecule has 0 unspecified atom stereocenters. The summed E-state index contributed by atoms with van der Waals surface area (Å²) in [5, 5.41) is 8.81. The summed E-state index contributed by atoms with van der Waals surface area (Å²) in [5.41, 5.74) is 0.657. The number of benzene rings is 1. The minimum absolute atomic E-state index is 0.500. The highest BCUT2D eigenvalue weighted by Crippen LogP contribution is 2.14. The Morgan fingerprint density at radius 2 is 2.08 bits per heavy atom. The quantitative estimate of drug-likeness (QED) is 0.804. The van der Waals surface area contributed by atoms with Crippen molar-refractivity contribution in [2.45, 2.75) is 19.5 Å². The van der Waals surface area contributed by atoms with Crippen LogP contribution in [0.25, 0.3) is 0 Å². The first-order chi connectivity index (χ1) is 12.2. The van der Waals surface area contributed by atoms with Gasteiger partial charge in [-0.1, -0.05) is 0 Å². The molecule has 0 aliphatic carbocycles. The smallest absolute Gasteiger partial charge is 0.122 e. The number of hydrogen-bond donors (Lipinski definition) is 0. The lowest BCUT2D eigenvalue weighted by Crippen LogP contribution is -2.52. The lowest BCUT2D eigenvalue weighted by atomic mass is 10.2. The monoisotopic (exact) mass is 339 g/mol. The summed E-state index contributed by atoms with van der Waals surface area (Å²) in [6.07, 6.45) is 3.85. The van der Waals surface area contributed by atoms with Crippen LogP contribution in [0.1, 0.15) is 18.3 Å². The first-order valence-corrected chi connectivity index (χ1v) is 8.71. The van der Waals surface area contributed by atoms with Crippen LogP contribution in [0, 0.1) is 11.3 Å². The molecule has 6 nitrogen and oxygen atoms in total. The molecule has 25 heavy (non-hydrogen) atoms. The van der Waals surface area contributed by atoms with Crippen molar-refractivity contribution in [2.24, 2.45) is 7.05 Å². The molecule has 1 aromatic heterocycles. The van der Waals surface area contributed by atoms with E-state index in [0.717, 1.165) is 44.3 Å². The number of aryl methyl sites for hydroxylation is 1. The van der Waals surface area contributed by atoms with Gasteiger partial charge in [-0.2, -0.15) is 5.26 Å². The van der Waals surface area contributed by atoms with Crippen LogP contribution in [0.15, 0.2) is 36.7 Å². The third-order valence-electron chi connectivity index (χ3n) is 4.77. The fourth-order valence-electron chi connectivity index (χ4n) is 3.16. The Kier molecular flexibility index (Phi) is 5.69. The molecule has 1 aromatic carbocycles. The summed E-state index contributed by atoms with van der Waals surface area (Å²) in [6, 6.07) is 9.89. The SMILES string of the molecule is C[C@H]1CN(CCOc2ccc(C#N)cc2)CCN1Cc1nccn1C. The standard InChI is InChI=1S/C19H25N5O/c1-16-14-23(9-10-24(16)15-19-21-7-8-22(19)2)11-12-25-18-5-3-17(13-20)4-6-18/h3-8,16H,9-12,14-15H2,1-2H3/t16-/m0/s1. The minimum Gasteiger partial charge on any atom is -0.492 e. The van der Waals surface area contributed by atoms with Crippen LogP contribution < -0.4 is 4.74 Å². The second kappa shape index (κ2) is 8.15. The summed E-state index contributed by atoms with van der Waals surface area (Å²) in [5.74, 6) is 1.94. The van der Waals surface area contributed by atoms with Crippen molar-refractivity contribution in [3.63, 3.8) is 0 Å². The molecule has 0 radical (unpaired) electrons. The second-order valence-electron chi connectivity index (χ2n) is 6.56. The third-order valence-corrected chi connectivity index (χ3v) is 4.77. The van der Waals surface area contributed by atoms with E-state index in [9.17, 15) is 0 Å². The van der Waals surface area contributed by atoms with Crippen molar-refractivity contribution in [3.05, 3.63) is 48.0 Å². The molecule has 1 atom stereocenters. The molecular formula is C19H25N5O. The Hall–Kier alpha value is -2.36. The molecule has 0 saturated carbocycles. The molecule has 3 rings (SSSR count). The molecule has 1 aliphatic rings. The van der Waals surface area contributed by atoms with E-state index in [1.807, 2.05) is 31.6 Å². The van der Waals surface area contributed by atoms with E-state index in [1.165, 1.54) is 0 Å². The van der Waals surface area contributed by atoms with Crippen LogP contribution in [-0.4, -0.2) is 58.2 Å². The predicted molar refractivity (Wildman–Crippen MR) is 96.2 cm³/mol. The number of nitriles is 1. The van der Waals surface area contributed by atoms with Crippen molar-refractivity contribution in [1.29, 1.82) is 5.26 Å². The van der Waals surface area contributed by atoms with Crippen molar-refractivity contribution < 1.29 is 4.74 Å². The Labute approximate surface area is 149 Å². The normalized spacial score (nSPS) is 18.8. The molecule has 1 saturated heterocycles. The zero-order valence-corrected chi connectivity index (χ0v) is 14.9. The number of piperazine rings is 1. The van der Waals surface area contributed by atoms with E-state index in [4.69, 9.17) is 10.00 Å². The van der Waals surface area contributed by atoms with Gasteiger partial charge in [-0.15, -0.1) is 0 Å². The highest BCUT2D eigenvalue weighted by molar-refractivity contribution is 5.34. The number of imidazole rings is 1. The van der Waals surface area contributed by atoms with E-state index in [-0.39, 0.29) is 0 Å². The Morgan fingerprint density at radius 1 is 1.28 bits per heavy atom. The van der Waals surface area contributed by atoms with E-state index >= 15 is 0 Å². The molecule has 132 valence electrons. The molecule has 2 aromatic rings. The Bertz CT molecular complexity index is 718. The lowest BCUT2D eigenvalue weighted by Gasteiger charge is -2.39. The first-order valence-electron chi connectivity index (χ1n) is 8.71. The molecular weight excluding hydrogens is 314 g/mol. The van der Waals surface area contributed by atoms with Gasteiger partial charge in [0.05, 0.1) is 18.2 Å².